The number of fused-ring (bicyclic) bond motifs is 1. The monoisotopic (exact) mass is 273 g/mol. The van der Waals surface area contributed by atoms with Gasteiger partial charge in [0, 0.05) is 22.5 Å². The Morgan fingerprint density at radius 1 is 1.42 bits per heavy atom. The molecule has 3 N–H and O–H groups in total. The van der Waals surface area contributed by atoms with Gasteiger partial charge in [-0.05, 0) is 31.4 Å². The second-order valence-electron chi connectivity index (χ2n) is 4.69. The van der Waals surface area contributed by atoms with Crippen LogP contribution in [0.4, 0.5) is 5.13 Å². The minimum Gasteiger partial charge on any atom is -0.375 e. The van der Waals surface area contributed by atoms with Gasteiger partial charge in [-0.1, -0.05) is 12.1 Å². The van der Waals surface area contributed by atoms with Crippen LogP contribution in [0.25, 0.3) is 11.3 Å². The number of anilines is 1. The molecule has 0 saturated carbocycles. The van der Waals surface area contributed by atoms with Crippen molar-refractivity contribution >= 4 is 22.4 Å². The van der Waals surface area contributed by atoms with E-state index in [9.17, 15) is 4.79 Å². The van der Waals surface area contributed by atoms with Crippen LogP contribution >= 0.6 is 11.3 Å². The maximum atomic E-state index is 12.0. The zero-order valence-corrected chi connectivity index (χ0v) is 11.5. The van der Waals surface area contributed by atoms with E-state index in [1.54, 1.807) is 0 Å². The normalized spacial score (nSPS) is 14.7. The molecule has 0 bridgehead atoms. The number of hydrogen-bond donors (Lipinski definition) is 2. The second-order valence-corrected chi connectivity index (χ2v) is 5.92. The number of benzene rings is 1. The van der Waals surface area contributed by atoms with Crippen LogP contribution < -0.4 is 11.1 Å². The van der Waals surface area contributed by atoms with Gasteiger partial charge in [-0.25, -0.2) is 4.98 Å². The van der Waals surface area contributed by atoms with E-state index in [0.29, 0.717) is 5.13 Å². The predicted molar refractivity (Wildman–Crippen MR) is 77.4 cm³/mol. The standard InChI is InChI=1S/C14H15N3OS/c1-8-12(17-14(15)19-8)10-5-4-9-3-2-6-16-13(18)11(9)7-10/h4-5,7H,2-3,6H2,1H3,(H2,15,17)(H,16,18). The van der Waals surface area contributed by atoms with Crippen molar-refractivity contribution in [2.75, 3.05) is 12.3 Å². The van der Waals surface area contributed by atoms with Crippen molar-refractivity contribution in [3.63, 3.8) is 0 Å². The highest BCUT2D eigenvalue weighted by Gasteiger charge is 2.17. The number of thiazole rings is 1. The topological polar surface area (TPSA) is 68.0 Å². The largest absolute Gasteiger partial charge is 0.375 e. The minimum absolute atomic E-state index is 0.00945. The summed E-state index contributed by atoms with van der Waals surface area (Å²) >= 11 is 1.47. The summed E-state index contributed by atoms with van der Waals surface area (Å²) in [7, 11) is 0. The van der Waals surface area contributed by atoms with E-state index in [2.05, 4.69) is 10.3 Å². The average molecular weight is 273 g/mol. The number of nitrogens with two attached hydrogens (primary N) is 1. The molecule has 4 nitrogen and oxygen atoms in total. The first kappa shape index (κ1) is 12.2. The second kappa shape index (κ2) is 4.66. The van der Waals surface area contributed by atoms with Gasteiger partial charge in [0.15, 0.2) is 5.13 Å². The molecule has 1 amide bonds. The quantitative estimate of drug-likeness (QED) is 0.838. The zero-order chi connectivity index (χ0) is 13.4. The fraction of sp³-hybridized carbons (Fsp3) is 0.286. The summed E-state index contributed by atoms with van der Waals surface area (Å²) < 4.78 is 0. The number of nitrogens with one attached hydrogen (secondary N) is 1. The molecule has 98 valence electrons. The van der Waals surface area contributed by atoms with Gasteiger partial charge >= 0.3 is 0 Å². The molecule has 5 heteroatoms. The van der Waals surface area contributed by atoms with E-state index in [1.807, 2.05) is 25.1 Å². The number of rotatable bonds is 1. The van der Waals surface area contributed by atoms with Gasteiger partial charge in [-0.3, -0.25) is 4.79 Å². The van der Waals surface area contributed by atoms with Gasteiger partial charge in [0.25, 0.3) is 5.91 Å². The van der Waals surface area contributed by atoms with Gasteiger partial charge in [0.1, 0.15) is 0 Å². The number of nitrogens with zero attached hydrogens (tertiary/aromatic N) is 1. The lowest BCUT2D eigenvalue weighted by molar-refractivity contribution is 0.0956. The third-order valence-electron chi connectivity index (χ3n) is 3.35. The summed E-state index contributed by atoms with van der Waals surface area (Å²) in [4.78, 5) is 17.4. The van der Waals surface area contributed by atoms with Crippen LogP contribution in [0, 0.1) is 6.92 Å². The van der Waals surface area contributed by atoms with Crippen LogP contribution in [0.1, 0.15) is 27.2 Å². The molecule has 0 aliphatic carbocycles. The summed E-state index contributed by atoms with van der Waals surface area (Å²) in [6.45, 7) is 2.74. The minimum atomic E-state index is 0.00945. The molecule has 1 aliphatic heterocycles. The lowest BCUT2D eigenvalue weighted by Gasteiger charge is -2.07. The van der Waals surface area contributed by atoms with Crippen LogP contribution in [0.5, 0.6) is 0 Å². The summed E-state index contributed by atoms with van der Waals surface area (Å²) in [5.41, 5.74) is 9.45. The Kier molecular flexibility index (Phi) is 2.98. The van der Waals surface area contributed by atoms with Crippen LogP contribution in [0.15, 0.2) is 18.2 Å². The van der Waals surface area contributed by atoms with E-state index in [1.165, 1.54) is 11.3 Å². The molecule has 1 aromatic heterocycles. The number of aromatic nitrogens is 1. The molecule has 0 fully saturated rings. The van der Waals surface area contributed by atoms with Crippen molar-refractivity contribution in [1.82, 2.24) is 10.3 Å². The molecule has 0 saturated heterocycles. The molecule has 3 rings (SSSR count). The van der Waals surface area contributed by atoms with Crippen LogP contribution in [-0.4, -0.2) is 17.4 Å². The Morgan fingerprint density at radius 3 is 3.00 bits per heavy atom. The van der Waals surface area contributed by atoms with Gasteiger partial charge < -0.3 is 11.1 Å². The van der Waals surface area contributed by atoms with Gasteiger partial charge in [0.2, 0.25) is 0 Å². The summed E-state index contributed by atoms with van der Waals surface area (Å²) in [5, 5.41) is 3.48. The molecule has 0 atom stereocenters. The maximum Gasteiger partial charge on any atom is 0.251 e. The van der Waals surface area contributed by atoms with Gasteiger partial charge in [0.05, 0.1) is 5.69 Å². The summed E-state index contributed by atoms with van der Waals surface area (Å²) in [5.74, 6) is 0.00945. The number of nitrogen functional groups attached to an aromatic ring is 1. The number of carbonyl (C=O) groups excluding carboxylic acids is 1. The van der Waals surface area contributed by atoms with E-state index < -0.39 is 0 Å². The van der Waals surface area contributed by atoms with Crippen molar-refractivity contribution in [2.45, 2.75) is 19.8 Å². The summed E-state index contributed by atoms with van der Waals surface area (Å²) in [6.07, 6.45) is 1.92. The first-order chi connectivity index (χ1) is 9.15. The lowest BCUT2D eigenvalue weighted by Crippen LogP contribution is -2.22. The molecule has 2 heterocycles. The predicted octanol–water partition coefficient (Wildman–Crippen LogP) is 2.38. The Bertz CT molecular complexity index is 648. The van der Waals surface area contributed by atoms with Gasteiger partial charge in [-0.2, -0.15) is 0 Å². The first-order valence-corrected chi connectivity index (χ1v) is 7.11. The van der Waals surface area contributed by atoms with E-state index in [4.69, 9.17) is 5.73 Å². The lowest BCUT2D eigenvalue weighted by atomic mass is 9.99. The fourth-order valence-electron chi connectivity index (χ4n) is 2.41. The van der Waals surface area contributed by atoms with Crippen molar-refractivity contribution in [3.8, 4) is 11.3 Å². The highest BCUT2D eigenvalue weighted by Crippen LogP contribution is 2.30. The number of carbonyl (C=O) groups is 1. The van der Waals surface area contributed by atoms with Gasteiger partial charge in [-0.15, -0.1) is 11.3 Å². The van der Waals surface area contributed by atoms with Crippen molar-refractivity contribution < 1.29 is 4.79 Å². The Hall–Kier alpha value is -1.88. The first-order valence-electron chi connectivity index (χ1n) is 6.29. The van der Waals surface area contributed by atoms with Crippen molar-refractivity contribution in [1.29, 1.82) is 0 Å². The highest BCUT2D eigenvalue weighted by atomic mass is 32.1. The van der Waals surface area contributed by atoms with E-state index >= 15 is 0 Å². The molecule has 0 spiro atoms. The third kappa shape index (κ3) is 2.21. The third-order valence-corrected chi connectivity index (χ3v) is 4.15. The van der Waals surface area contributed by atoms with Crippen LogP contribution in [0.3, 0.4) is 0 Å². The van der Waals surface area contributed by atoms with Crippen molar-refractivity contribution in [3.05, 3.63) is 34.2 Å². The molecule has 2 aromatic rings. The molecule has 0 radical (unpaired) electrons. The average Bonchev–Trinajstić information content (AvgIpc) is 2.62. The molecular weight excluding hydrogens is 258 g/mol. The maximum absolute atomic E-state index is 12.0. The molecule has 1 aromatic carbocycles. The zero-order valence-electron chi connectivity index (χ0n) is 10.7. The molecule has 1 aliphatic rings. The van der Waals surface area contributed by atoms with Crippen molar-refractivity contribution in [2.24, 2.45) is 0 Å². The highest BCUT2D eigenvalue weighted by molar-refractivity contribution is 7.15. The van der Waals surface area contributed by atoms with E-state index in [0.717, 1.165) is 46.6 Å². The SMILES string of the molecule is Cc1sc(N)nc1-c1ccc2c(c1)C(=O)NCCC2. The van der Waals surface area contributed by atoms with Crippen LogP contribution in [0.2, 0.25) is 0 Å². The molecular formula is C14H15N3OS. The fourth-order valence-corrected chi connectivity index (χ4v) is 3.12. The number of amides is 1. The Morgan fingerprint density at radius 2 is 2.26 bits per heavy atom. The molecule has 19 heavy (non-hydrogen) atoms. The smallest absolute Gasteiger partial charge is 0.251 e. The number of hydrogen-bond acceptors (Lipinski definition) is 4. The Balaban J connectivity index is 2.10. The Labute approximate surface area is 115 Å². The van der Waals surface area contributed by atoms with Crippen LogP contribution in [-0.2, 0) is 6.42 Å². The number of aryl methyl sites for hydroxylation is 2. The van der Waals surface area contributed by atoms with E-state index in [-0.39, 0.29) is 5.91 Å². The summed E-state index contributed by atoms with van der Waals surface area (Å²) in [6, 6.07) is 5.99. The molecule has 0 unspecified atom stereocenters.